The van der Waals surface area contributed by atoms with E-state index in [-0.39, 0.29) is 17.8 Å². The molecular weight excluding hydrogens is 441 g/mol. The summed E-state index contributed by atoms with van der Waals surface area (Å²) in [5, 5.41) is 3.90. The second kappa shape index (κ2) is 9.19. The SMILES string of the molecule is O=C1NCc2ccc3c(c21)CC(N(CCCc1c[nH]c2ccc(F)cc12)Cc1ccccc1)CO3. The van der Waals surface area contributed by atoms with Crippen LogP contribution in [0.15, 0.2) is 66.9 Å². The van der Waals surface area contributed by atoms with Gasteiger partial charge in [0.1, 0.15) is 18.2 Å². The van der Waals surface area contributed by atoms with E-state index in [0.29, 0.717) is 13.2 Å². The van der Waals surface area contributed by atoms with Gasteiger partial charge in [-0.1, -0.05) is 36.4 Å². The van der Waals surface area contributed by atoms with Gasteiger partial charge in [0.25, 0.3) is 5.91 Å². The lowest BCUT2D eigenvalue weighted by Gasteiger charge is -2.36. The molecule has 4 aromatic rings. The zero-order valence-electron chi connectivity index (χ0n) is 19.5. The van der Waals surface area contributed by atoms with Crippen molar-refractivity contribution in [3.05, 3.63) is 100 Å². The molecule has 35 heavy (non-hydrogen) atoms. The molecule has 0 bridgehead atoms. The van der Waals surface area contributed by atoms with Gasteiger partial charge < -0.3 is 15.0 Å². The number of carbonyl (C=O) groups is 1. The van der Waals surface area contributed by atoms with Crippen LogP contribution >= 0.6 is 0 Å². The van der Waals surface area contributed by atoms with Gasteiger partial charge in [-0.25, -0.2) is 4.39 Å². The number of hydrogen-bond donors (Lipinski definition) is 2. The number of aromatic nitrogens is 1. The molecule has 6 heteroatoms. The number of fused-ring (bicyclic) bond motifs is 4. The fourth-order valence-electron chi connectivity index (χ4n) is 5.46. The van der Waals surface area contributed by atoms with Gasteiger partial charge in [0.2, 0.25) is 0 Å². The van der Waals surface area contributed by atoms with Gasteiger partial charge >= 0.3 is 0 Å². The molecule has 0 saturated heterocycles. The van der Waals surface area contributed by atoms with Crippen LogP contribution in [-0.2, 0) is 25.9 Å². The molecule has 2 N–H and O–H groups in total. The largest absolute Gasteiger partial charge is 0.492 e. The van der Waals surface area contributed by atoms with E-state index in [9.17, 15) is 9.18 Å². The number of aromatic amines is 1. The van der Waals surface area contributed by atoms with Gasteiger partial charge in [0, 0.05) is 41.8 Å². The smallest absolute Gasteiger partial charge is 0.252 e. The molecular formula is C29H28FN3O2. The molecule has 0 spiro atoms. The Balaban J connectivity index is 1.22. The summed E-state index contributed by atoms with van der Waals surface area (Å²) < 4.78 is 20.0. The highest BCUT2D eigenvalue weighted by Gasteiger charge is 2.32. The number of H-pyrrole nitrogens is 1. The summed E-state index contributed by atoms with van der Waals surface area (Å²) in [5.41, 5.74) is 6.24. The minimum Gasteiger partial charge on any atom is -0.492 e. The summed E-state index contributed by atoms with van der Waals surface area (Å²) in [6, 6.07) is 19.5. The number of halogens is 1. The first-order valence-corrected chi connectivity index (χ1v) is 12.2. The molecule has 0 fully saturated rings. The van der Waals surface area contributed by atoms with Crippen molar-refractivity contribution in [2.75, 3.05) is 13.2 Å². The summed E-state index contributed by atoms with van der Waals surface area (Å²) in [7, 11) is 0. The molecule has 0 aliphatic carbocycles. The van der Waals surface area contributed by atoms with Crippen LogP contribution in [0.5, 0.6) is 5.75 Å². The maximum atomic E-state index is 13.8. The van der Waals surface area contributed by atoms with Crippen molar-refractivity contribution in [2.24, 2.45) is 0 Å². The number of nitrogens with one attached hydrogen (secondary N) is 2. The van der Waals surface area contributed by atoms with E-state index in [2.05, 4.69) is 39.5 Å². The Morgan fingerprint density at radius 1 is 1.09 bits per heavy atom. The van der Waals surface area contributed by atoms with Crippen molar-refractivity contribution in [2.45, 2.75) is 38.4 Å². The Labute approximate surface area is 203 Å². The molecule has 2 aliphatic rings. The monoisotopic (exact) mass is 469 g/mol. The van der Waals surface area contributed by atoms with E-state index in [1.807, 2.05) is 24.4 Å². The van der Waals surface area contributed by atoms with Crippen LogP contribution in [0.4, 0.5) is 4.39 Å². The maximum absolute atomic E-state index is 13.8. The van der Waals surface area contributed by atoms with E-state index >= 15 is 0 Å². The molecule has 0 radical (unpaired) electrons. The van der Waals surface area contributed by atoms with Crippen LogP contribution in [0.3, 0.4) is 0 Å². The third-order valence-electron chi connectivity index (χ3n) is 7.26. The van der Waals surface area contributed by atoms with Gasteiger partial charge in [-0.2, -0.15) is 0 Å². The Morgan fingerprint density at radius 2 is 1.97 bits per heavy atom. The number of nitrogens with zero attached hydrogens (tertiary/aromatic N) is 1. The summed E-state index contributed by atoms with van der Waals surface area (Å²) >= 11 is 0. The second-order valence-corrected chi connectivity index (χ2v) is 9.49. The van der Waals surface area contributed by atoms with Crippen molar-refractivity contribution in [3.8, 4) is 5.75 Å². The highest BCUT2D eigenvalue weighted by atomic mass is 19.1. The van der Waals surface area contributed by atoms with Crippen LogP contribution in [0.2, 0.25) is 0 Å². The average Bonchev–Trinajstić information content (AvgIpc) is 3.47. The standard InChI is InChI=1S/C29H28FN3O2/c30-22-9-10-26-24(13-22)20(15-31-26)7-4-12-33(17-19-5-2-1-3-6-19)23-14-25-27(35-18-23)11-8-21-16-32-29(34)28(21)25/h1-3,5-6,8-11,13,15,23,31H,4,7,12,14,16-18H2,(H,32,34). The van der Waals surface area contributed by atoms with E-state index in [1.54, 1.807) is 12.1 Å². The number of carbonyl (C=O) groups excluding carboxylic acids is 1. The zero-order valence-corrected chi connectivity index (χ0v) is 19.5. The predicted molar refractivity (Wildman–Crippen MR) is 134 cm³/mol. The molecule has 2 aliphatic heterocycles. The van der Waals surface area contributed by atoms with Gasteiger partial charge in [0.05, 0.1) is 5.56 Å². The number of benzene rings is 3. The molecule has 1 aromatic heterocycles. The van der Waals surface area contributed by atoms with Crippen LogP contribution < -0.4 is 10.1 Å². The van der Waals surface area contributed by atoms with E-state index in [0.717, 1.165) is 71.3 Å². The average molecular weight is 470 g/mol. The lowest BCUT2D eigenvalue weighted by molar-refractivity contribution is 0.0953. The van der Waals surface area contributed by atoms with Crippen molar-refractivity contribution in [3.63, 3.8) is 0 Å². The molecule has 3 aromatic carbocycles. The normalized spacial score (nSPS) is 16.7. The Morgan fingerprint density at radius 3 is 2.86 bits per heavy atom. The summed E-state index contributed by atoms with van der Waals surface area (Å²) in [6.45, 7) is 2.87. The molecule has 1 atom stereocenters. The lowest BCUT2D eigenvalue weighted by atomic mass is 9.93. The third kappa shape index (κ3) is 4.30. The summed E-state index contributed by atoms with van der Waals surface area (Å²) in [4.78, 5) is 18.3. The second-order valence-electron chi connectivity index (χ2n) is 9.49. The quantitative estimate of drug-likeness (QED) is 0.401. The van der Waals surface area contributed by atoms with Gasteiger partial charge in [0.15, 0.2) is 0 Å². The van der Waals surface area contributed by atoms with Crippen molar-refractivity contribution >= 4 is 16.8 Å². The van der Waals surface area contributed by atoms with E-state index in [1.165, 1.54) is 11.6 Å². The van der Waals surface area contributed by atoms with Crippen LogP contribution in [0.25, 0.3) is 10.9 Å². The highest BCUT2D eigenvalue weighted by Crippen LogP contribution is 2.34. The first kappa shape index (κ1) is 21.9. The van der Waals surface area contributed by atoms with Crippen molar-refractivity contribution in [1.29, 1.82) is 0 Å². The first-order valence-electron chi connectivity index (χ1n) is 12.2. The van der Waals surface area contributed by atoms with Crippen molar-refractivity contribution < 1.29 is 13.9 Å². The van der Waals surface area contributed by atoms with Crippen molar-refractivity contribution in [1.82, 2.24) is 15.2 Å². The highest BCUT2D eigenvalue weighted by molar-refractivity contribution is 6.00. The minimum atomic E-state index is -0.210. The predicted octanol–water partition coefficient (Wildman–Crippen LogP) is 4.99. The zero-order chi connectivity index (χ0) is 23.8. The van der Waals surface area contributed by atoms with Gasteiger partial charge in [-0.3, -0.25) is 9.69 Å². The number of amides is 1. The number of aryl methyl sites for hydroxylation is 1. The topological polar surface area (TPSA) is 57.4 Å². The summed E-state index contributed by atoms with van der Waals surface area (Å²) in [5.74, 6) is 0.624. The van der Waals surface area contributed by atoms with Crippen LogP contribution in [0.1, 0.15) is 39.0 Å². The first-order chi connectivity index (χ1) is 17.2. The number of rotatable bonds is 7. The molecule has 3 heterocycles. The fraction of sp³-hybridized carbons (Fsp3) is 0.276. The van der Waals surface area contributed by atoms with E-state index < -0.39 is 0 Å². The van der Waals surface area contributed by atoms with Crippen LogP contribution in [0, 0.1) is 5.82 Å². The summed E-state index contributed by atoms with van der Waals surface area (Å²) in [6.07, 6.45) is 4.58. The maximum Gasteiger partial charge on any atom is 0.252 e. The number of ether oxygens (including phenoxy) is 1. The Hall–Kier alpha value is -3.64. The number of hydrogen-bond acceptors (Lipinski definition) is 3. The Kier molecular flexibility index (Phi) is 5.74. The molecule has 1 unspecified atom stereocenters. The molecule has 0 saturated carbocycles. The molecule has 6 rings (SSSR count). The van der Waals surface area contributed by atoms with Gasteiger partial charge in [-0.05, 0) is 66.8 Å². The van der Waals surface area contributed by atoms with Crippen LogP contribution in [-0.4, -0.2) is 35.0 Å². The van der Waals surface area contributed by atoms with E-state index in [4.69, 9.17) is 4.74 Å². The molecule has 1 amide bonds. The van der Waals surface area contributed by atoms with Gasteiger partial charge in [-0.15, -0.1) is 0 Å². The molecule has 5 nitrogen and oxygen atoms in total. The Bertz CT molecular complexity index is 1380. The third-order valence-corrected chi connectivity index (χ3v) is 7.26. The molecule has 178 valence electrons. The fourth-order valence-corrected chi connectivity index (χ4v) is 5.46. The minimum absolute atomic E-state index is 0.00211. The lowest BCUT2D eigenvalue weighted by Crippen LogP contribution is -2.43.